The van der Waals surface area contributed by atoms with Crippen LogP contribution in [-0.2, 0) is 27.3 Å². The summed E-state index contributed by atoms with van der Waals surface area (Å²) >= 11 is 0. The highest BCUT2D eigenvalue weighted by Gasteiger charge is 2.25. The number of hydrogen-bond donors (Lipinski definition) is 0. The number of likely N-dealkylation sites (N-methyl/N-ethyl adjacent to an activating group) is 2. The Morgan fingerprint density at radius 3 is 2.65 bits per heavy atom. The molecule has 126 valence electrons. The molecule has 0 spiro atoms. The van der Waals surface area contributed by atoms with Crippen LogP contribution < -0.4 is 0 Å². The molecule has 1 amide bonds. The van der Waals surface area contributed by atoms with Crippen LogP contribution in [0.4, 0.5) is 0 Å². The molecule has 2 rings (SSSR count). The van der Waals surface area contributed by atoms with Crippen LogP contribution in [0.1, 0.15) is 30.4 Å². The summed E-state index contributed by atoms with van der Waals surface area (Å²) < 4.78 is 4.59. The second-order valence-electron chi connectivity index (χ2n) is 6.25. The van der Waals surface area contributed by atoms with Crippen molar-refractivity contribution in [1.82, 2.24) is 9.80 Å². The number of methoxy groups -OCH3 is 1. The third kappa shape index (κ3) is 4.79. The smallest absolute Gasteiger partial charge is 0.305 e. The highest BCUT2D eigenvalue weighted by atomic mass is 16.5. The Kier molecular flexibility index (Phi) is 6.16. The molecule has 0 N–H and O–H groups in total. The van der Waals surface area contributed by atoms with Crippen molar-refractivity contribution in [1.29, 1.82) is 0 Å². The minimum atomic E-state index is -0.260. The monoisotopic (exact) mass is 318 g/mol. The lowest BCUT2D eigenvalue weighted by Crippen LogP contribution is -2.46. The highest BCUT2D eigenvalue weighted by molar-refractivity contribution is 5.77. The van der Waals surface area contributed by atoms with Crippen molar-refractivity contribution in [2.45, 2.75) is 38.3 Å². The maximum absolute atomic E-state index is 12.2. The van der Waals surface area contributed by atoms with Crippen molar-refractivity contribution in [2.24, 2.45) is 0 Å². The maximum Gasteiger partial charge on any atom is 0.305 e. The van der Waals surface area contributed by atoms with Crippen LogP contribution in [0.3, 0.4) is 0 Å². The lowest BCUT2D eigenvalue weighted by Gasteiger charge is -2.36. The van der Waals surface area contributed by atoms with E-state index >= 15 is 0 Å². The first-order chi connectivity index (χ1) is 11.0. The predicted octanol–water partition coefficient (Wildman–Crippen LogP) is 1.84. The van der Waals surface area contributed by atoms with E-state index in [1.807, 2.05) is 7.05 Å². The van der Waals surface area contributed by atoms with Gasteiger partial charge in [0, 0.05) is 39.0 Å². The van der Waals surface area contributed by atoms with Crippen LogP contribution in [0.25, 0.3) is 0 Å². The van der Waals surface area contributed by atoms with Gasteiger partial charge in [0.1, 0.15) is 0 Å². The summed E-state index contributed by atoms with van der Waals surface area (Å²) in [4.78, 5) is 27.4. The van der Waals surface area contributed by atoms with Crippen molar-refractivity contribution >= 4 is 11.9 Å². The molecule has 0 fully saturated rings. The van der Waals surface area contributed by atoms with Crippen LogP contribution in [0, 0.1) is 0 Å². The minimum Gasteiger partial charge on any atom is -0.469 e. The van der Waals surface area contributed by atoms with Gasteiger partial charge >= 0.3 is 5.97 Å². The van der Waals surface area contributed by atoms with E-state index in [9.17, 15) is 9.59 Å². The molecular weight excluding hydrogens is 292 g/mol. The molecule has 5 heteroatoms. The van der Waals surface area contributed by atoms with E-state index in [0.29, 0.717) is 31.8 Å². The summed E-state index contributed by atoms with van der Waals surface area (Å²) in [6.45, 7) is 1.63. The van der Waals surface area contributed by atoms with E-state index in [2.05, 4.69) is 40.9 Å². The topological polar surface area (TPSA) is 49.9 Å². The highest BCUT2D eigenvalue weighted by Crippen LogP contribution is 2.22. The molecule has 1 heterocycles. The number of carbonyl (C=O) groups is 2. The van der Waals surface area contributed by atoms with Crippen molar-refractivity contribution in [3.63, 3.8) is 0 Å². The Hall–Kier alpha value is -1.88. The zero-order chi connectivity index (χ0) is 16.8. The molecule has 1 aromatic carbocycles. The zero-order valence-corrected chi connectivity index (χ0v) is 14.2. The van der Waals surface area contributed by atoms with E-state index in [1.165, 1.54) is 18.2 Å². The van der Waals surface area contributed by atoms with Gasteiger partial charge in [0.05, 0.1) is 7.11 Å². The number of rotatable bonds is 6. The van der Waals surface area contributed by atoms with Crippen molar-refractivity contribution < 1.29 is 14.3 Å². The first kappa shape index (κ1) is 17.5. The van der Waals surface area contributed by atoms with Crippen molar-refractivity contribution in [2.75, 3.05) is 27.7 Å². The van der Waals surface area contributed by atoms with Gasteiger partial charge in [0.25, 0.3) is 0 Å². The van der Waals surface area contributed by atoms with E-state index < -0.39 is 0 Å². The number of fused-ring (bicyclic) bond motifs is 1. The second-order valence-corrected chi connectivity index (χ2v) is 6.25. The molecule has 0 aromatic heterocycles. The summed E-state index contributed by atoms with van der Waals surface area (Å²) in [6.07, 6.45) is 2.19. The molecule has 1 atom stereocenters. The molecule has 5 nitrogen and oxygen atoms in total. The number of ether oxygens (including phenoxy) is 1. The SMILES string of the molecule is COC(=O)CCCC(=O)N(C)C[C@@H]1Cc2ccccc2CN1C. The van der Waals surface area contributed by atoms with E-state index in [-0.39, 0.29) is 11.9 Å². The van der Waals surface area contributed by atoms with Crippen LogP contribution in [0.2, 0.25) is 0 Å². The fourth-order valence-corrected chi connectivity index (χ4v) is 3.02. The average Bonchev–Trinajstić information content (AvgIpc) is 2.55. The molecular formula is C18H26N2O3. The fraction of sp³-hybridized carbons (Fsp3) is 0.556. The summed E-state index contributed by atoms with van der Waals surface area (Å²) in [5, 5.41) is 0. The number of esters is 1. The van der Waals surface area contributed by atoms with Crippen molar-refractivity contribution in [3.8, 4) is 0 Å². The van der Waals surface area contributed by atoms with E-state index in [4.69, 9.17) is 0 Å². The molecule has 1 aliphatic rings. The van der Waals surface area contributed by atoms with Gasteiger partial charge in [-0.1, -0.05) is 24.3 Å². The predicted molar refractivity (Wildman–Crippen MR) is 88.9 cm³/mol. The Morgan fingerprint density at radius 1 is 1.26 bits per heavy atom. The van der Waals surface area contributed by atoms with Crippen LogP contribution in [-0.4, -0.2) is 55.5 Å². The Balaban J connectivity index is 1.84. The maximum atomic E-state index is 12.2. The van der Waals surface area contributed by atoms with Gasteiger partial charge in [0.2, 0.25) is 5.91 Å². The lowest BCUT2D eigenvalue weighted by molar-refractivity contribution is -0.140. The molecule has 1 aromatic rings. The summed E-state index contributed by atoms with van der Waals surface area (Å²) in [6, 6.07) is 8.82. The molecule has 23 heavy (non-hydrogen) atoms. The fourth-order valence-electron chi connectivity index (χ4n) is 3.02. The van der Waals surface area contributed by atoms with Crippen LogP contribution in [0.5, 0.6) is 0 Å². The Labute approximate surface area is 138 Å². The Morgan fingerprint density at radius 2 is 1.96 bits per heavy atom. The third-order valence-corrected chi connectivity index (χ3v) is 4.53. The Bertz CT molecular complexity index is 559. The zero-order valence-electron chi connectivity index (χ0n) is 14.2. The van der Waals surface area contributed by atoms with Crippen LogP contribution >= 0.6 is 0 Å². The lowest BCUT2D eigenvalue weighted by atomic mass is 9.94. The quantitative estimate of drug-likeness (QED) is 0.751. The summed E-state index contributed by atoms with van der Waals surface area (Å²) in [5.74, 6) is -0.176. The van der Waals surface area contributed by atoms with Gasteiger partial charge in [-0.3, -0.25) is 14.5 Å². The van der Waals surface area contributed by atoms with Crippen molar-refractivity contribution in [3.05, 3.63) is 35.4 Å². The molecule has 0 bridgehead atoms. The van der Waals surface area contributed by atoms with Crippen LogP contribution in [0.15, 0.2) is 24.3 Å². The average molecular weight is 318 g/mol. The largest absolute Gasteiger partial charge is 0.469 e. The van der Waals surface area contributed by atoms with Gasteiger partial charge in [-0.15, -0.1) is 0 Å². The molecule has 0 aliphatic carbocycles. The first-order valence-electron chi connectivity index (χ1n) is 8.09. The number of benzene rings is 1. The van der Waals surface area contributed by atoms with Gasteiger partial charge in [-0.05, 0) is 31.0 Å². The molecule has 0 saturated heterocycles. The molecule has 0 radical (unpaired) electrons. The summed E-state index contributed by atoms with van der Waals surface area (Å²) in [7, 11) is 5.32. The van der Waals surface area contributed by atoms with Gasteiger partial charge < -0.3 is 9.64 Å². The van der Waals surface area contributed by atoms with E-state index in [0.717, 1.165) is 13.0 Å². The van der Waals surface area contributed by atoms with Gasteiger partial charge in [0.15, 0.2) is 0 Å². The summed E-state index contributed by atoms with van der Waals surface area (Å²) in [5.41, 5.74) is 2.75. The van der Waals surface area contributed by atoms with E-state index in [1.54, 1.807) is 4.90 Å². The standard InChI is InChI=1S/C18H26N2O3/c1-19-12-15-8-5-4-7-14(15)11-16(19)13-20(2)17(21)9-6-10-18(22)23-3/h4-5,7-8,16H,6,9-13H2,1-3H3/t16-/m0/s1. The number of nitrogens with zero attached hydrogens (tertiary/aromatic N) is 2. The third-order valence-electron chi connectivity index (χ3n) is 4.53. The number of carbonyl (C=O) groups excluding carboxylic acids is 2. The normalized spacial score (nSPS) is 17.4. The first-order valence-corrected chi connectivity index (χ1v) is 8.09. The van der Waals surface area contributed by atoms with Gasteiger partial charge in [-0.2, -0.15) is 0 Å². The number of hydrogen-bond acceptors (Lipinski definition) is 4. The molecule has 1 aliphatic heterocycles. The number of amides is 1. The molecule has 0 saturated carbocycles. The second kappa shape index (κ2) is 8.11. The minimum absolute atomic E-state index is 0.0844. The van der Waals surface area contributed by atoms with Gasteiger partial charge in [-0.25, -0.2) is 0 Å². The molecule has 0 unspecified atom stereocenters.